The van der Waals surface area contributed by atoms with Gasteiger partial charge in [-0.3, -0.25) is 4.79 Å². The third-order valence-corrected chi connectivity index (χ3v) is 7.13. The number of hydrogen-bond acceptors (Lipinski definition) is 4. The molecule has 5 rings (SSSR count). The van der Waals surface area contributed by atoms with E-state index in [-0.39, 0.29) is 17.7 Å². The highest BCUT2D eigenvalue weighted by Crippen LogP contribution is 2.38. The standard InChI is InChI=1S/C28H25FN2O2S/c29-20-9-11-21(12-10-20)34-18-24-22-7-4-8-25(32)23(22)13-14-26(24)33-27(17-28-30-15-16-31-28)19-5-2-1-3-6-19/h1-3,5-6,9-16,27H,4,7-8,17-18H2,(H,30,31)/t27-/m0/s1. The molecule has 1 aliphatic rings. The monoisotopic (exact) mass is 472 g/mol. The van der Waals surface area contributed by atoms with Gasteiger partial charge < -0.3 is 9.72 Å². The van der Waals surface area contributed by atoms with Crippen LogP contribution in [0.4, 0.5) is 4.39 Å². The van der Waals surface area contributed by atoms with Crippen LogP contribution in [0.3, 0.4) is 0 Å². The van der Waals surface area contributed by atoms with E-state index >= 15 is 0 Å². The van der Waals surface area contributed by atoms with Gasteiger partial charge in [-0.25, -0.2) is 9.37 Å². The van der Waals surface area contributed by atoms with E-state index in [1.165, 1.54) is 12.1 Å². The highest BCUT2D eigenvalue weighted by atomic mass is 32.2. The Hall–Kier alpha value is -3.38. The van der Waals surface area contributed by atoms with Crippen LogP contribution in [0.5, 0.6) is 5.75 Å². The molecule has 0 bridgehead atoms. The minimum Gasteiger partial charge on any atom is -0.485 e. The molecule has 3 aromatic carbocycles. The molecule has 0 radical (unpaired) electrons. The maximum absolute atomic E-state index is 13.4. The van der Waals surface area contributed by atoms with Crippen molar-refractivity contribution in [1.29, 1.82) is 0 Å². The van der Waals surface area contributed by atoms with Gasteiger partial charge in [-0.15, -0.1) is 11.8 Å². The number of thioether (sulfide) groups is 1. The van der Waals surface area contributed by atoms with E-state index < -0.39 is 0 Å². The summed E-state index contributed by atoms with van der Waals surface area (Å²) in [7, 11) is 0. The predicted molar refractivity (Wildman–Crippen MR) is 132 cm³/mol. The zero-order valence-electron chi connectivity index (χ0n) is 18.7. The molecule has 34 heavy (non-hydrogen) atoms. The molecule has 172 valence electrons. The fraction of sp³-hybridized carbons (Fsp3) is 0.214. The molecule has 6 heteroatoms. The first-order valence-corrected chi connectivity index (χ1v) is 12.4. The molecule has 0 unspecified atom stereocenters. The lowest BCUT2D eigenvalue weighted by Crippen LogP contribution is -2.16. The molecular formula is C28H25FN2O2S. The number of halogens is 1. The Kier molecular flexibility index (Phi) is 6.77. The van der Waals surface area contributed by atoms with Crippen LogP contribution in [0.1, 0.15) is 51.8 Å². The van der Waals surface area contributed by atoms with Crippen molar-refractivity contribution in [2.24, 2.45) is 0 Å². The lowest BCUT2D eigenvalue weighted by molar-refractivity contribution is 0.0972. The first kappa shape index (κ1) is 22.4. The minimum atomic E-state index is -0.250. The number of fused-ring (bicyclic) bond motifs is 1. The molecule has 1 aliphatic carbocycles. The molecule has 4 aromatic rings. The second-order valence-electron chi connectivity index (χ2n) is 8.34. The van der Waals surface area contributed by atoms with Gasteiger partial charge in [0, 0.05) is 47.0 Å². The lowest BCUT2D eigenvalue weighted by Gasteiger charge is -2.25. The van der Waals surface area contributed by atoms with Crippen LogP contribution in [-0.4, -0.2) is 15.8 Å². The number of ketones is 1. The second kappa shape index (κ2) is 10.3. The highest BCUT2D eigenvalue weighted by molar-refractivity contribution is 7.98. The number of ether oxygens (including phenoxy) is 1. The number of nitrogens with zero attached hydrogens (tertiary/aromatic N) is 1. The van der Waals surface area contributed by atoms with Gasteiger partial charge in [0.25, 0.3) is 0 Å². The Morgan fingerprint density at radius 3 is 2.62 bits per heavy atom. The van der Waals surface area contributed by atoms with E-state index in [9.17, 15) is 9.18 Å². The summed E-state index contributed by atoms with van der Waals surface area (Å²) in [4.78, 5) is 21.2. The third kappa shape index (κ3) is 5.07. The lowest BCUT2D eigenvalue weighted by atomic mass is 9.87. The third-order valence-electron chi connectivity index (χ3n) is 6.09. The first-order valence-electron chi connectivity index (χ1n) is 11.4. The van der Waals surface area contributed by atoms with Crippen LogP contribution in [0.2, 0.25) is 0 Å². The van der Waals surface area contributed by atoms with E-state index in [4.69, 9.17) is 4.74 Å². The fourth-order valence-electron chi connectivity index (χ4n) is 4.37. The van der Waals surface area contributed by atoms with E-state index in [0.29, 0.717) is 18.6 Å². The minimum absolute atomic E-state index is 0.191. The van der Waals surface area contributed by atoms with Crippen molar-refractivity contribution >= 4 is 17.5 Å². The van der Waals surface area contributed by atoms with Crippen molar-refractivity contribution in [3.8, 4) is 5.75 Å². The SMILES string of the molecule is O=C1CCCc2c1ccc(O[C@@H](Cc1ncc[nH]1)c1ccccc1)c2CSc1ccc(F)cc1. The van der Waals surface area contributed by atoms with Gasteiger partial charge in [-0.05, 0) is 60.4 Å². The predicted octanol–water partition coefficient (Wildman–Crippen LogP) is 6.72. The van der Waals surface area contributed by atoms with Crippen molar-refractivity contribution in [2.75, 3.05) is 0 Å². The van der Waals surface area contributed by atoms with E-state index in [2.05, 4.69) is 22.1 Å². The maximum atomic E-state index is 13.4. The molecule has 1 heterocycles. The largest absolute Gasteiger partial charge is 0.485 e. The van der Waals surface area contributed by atoms with Gasteiger partial charge >= 0.3 is 0 Å². The molecule has 0 aliphatic heterocycles. The Balaban J connectivity index is 1.49. The second-order valence-corrected chi connectivity index (χ2v) is 9.39. The highest BCUT2D eigenvalue weighted by Gasteiger charge is 2.25. The van der Waals surface area contributed by atoms with Gasteiger partial charge in [0.15, 0.2) is 5.78 Å². The van der Waals surface area contributed by atoms with Crippen molar-refractivity contribution in [2.45, 2.75) is 42.4 Å². The van der Waals surface area contributed by atoms with Crippen molar-refractivity contribution in [1.82, 2.24) is 9.97 Å². The summed E-state index contributed by atoms with van der Waals surface area (Å²) >= 11 is 1.62. The number of benzene rings is 3. The number of aromatic amines is 1. The fourth-order valence-corrected chi connectivity index (χ4v) is 5.32. The number of rotatable bonds is 8. The van der Waals surface area contributed by atoms with Crippen LogP contribution in [0.25, 0.3) is 0 Å². The zero-order valence-corrected chi connectivity index (χ0v) is 19.5. The van der Waals surface area contributed by atoms with Gasteiger partial charge in [0.2, 0.25) is 0 Å². The Morgan fingerprint density at radius 1 is 1.03 bits per heavy atom. The number of aromatic nitrogens is 2. The van der Waals surface area contributed by atoms with Gasteiger partial charge in [0.1, 0.15) is 23.5 Å². The number of carbonyl (C=O) groups excluding carboxylic acids is 1. The zero-order chi connectivity index (χ0) is 23.3. The van der Waals surface area contributed by atoms with Crippen LogP contribution >= 0.6 is 11.8 Å². The molecule has 4 nitrogen and oxygen atoms in total. The van der Waals surface area contributed by atoms with Crippen molar-refractivity contribution in [3.63, 3.8) is 0 Å². The van der Waals surface area contributed by atoms with Crippen LogP contribution in [0.15, 0.2) is 84.0 Å². The van der Waals surface area contributed by atoms with E-state index in [1.54, 1.807) is 30.1 Å². The molecule has 1 atom stereocenters. The van der Waals surface area contributed by atoms with E-state index in [1.807, 2.05) is 36.5 Å². The van der Waals surface area contributed by atoms with Crippen LogP contribution < -0.4 is 4.74 Å². The topological polar surface area (TPSA) is 55.0 Å². The molecule has 0 spiro atoms. The molecule has 0 amide bonds. The maximum Gasteiger partial charge on any atom is 0.163 e. The summed E-state index contributed by atoms with van der Waals surface area (Å²) < 4.78 is 20.0. The Morgan fingerprint density at radius 2 is 1.85 bits per heavy atom. The van der Waals surface area contributed by atoms with Gasteiger partial charge in [-0.2, -0.15) is 0 Å². The summed E-state index contributed by atoms with van der Waals surface area (Å²) in [5.41, 5.74) is 3.98. The Bertz CT molecular complexity index is 1260. The molecule has 0 fully saturated rings. The number of Topliss-reactive ketones (excluding diaryl/α,β-unsaturated/α-hetero) is 1. The summed E-state index contributed by atoms with van der Waals surface area (Å²) in [6, 6.07) is 20.5. The summed E-state index contributed by atoms with van der Waals surface area (Å²) in [5, 5.41) is 0. The van der Waals surface area contributed by atoms with E-state index in [0.717, 1.165) is 51.6 Å². The molecule has 1 N–H and O–H groups in total. The Labute approximate surface area is 202 Å². The number of nitrogens with one attached hydrogen (secondary N) is 1. The first-order chi connectivity index (χ1) is 16.7. The summed E-state index contributed by atoms with van der Waals surface area (Å²) in [6.45, 7) is 0. The average Bonchev–Trinajstić information content (AvgIpc) is 3.38. The smallest absolute Gasteiger partial charge is 0.163 e. The summed E-state index contributed by atoms with van der Waals surface area (Å²) in [5.74, 6) is 2.21. The van der Waals surface area contributed by atoms with Gasteiger partial charge in [0.05, 0.1) is 0 Å². The molecular weight excluding hydrogens is 447 g/mol. The average molecular weight is 473 g/mol. The van der Waals surface area contributed by atoms with Crippen molar-refractivity contribution in [3.05, 3.63) is 113 Å². The number of hydrogen-bond donors (Lipinski definition) is 1. The quantitative estimate of drug-likeness (QED) is 0.289. The van der Waals surface area contributed by atoms with Gasteiger partial charge in [-0.1, -0.05) is 30.3 Å². The molecule has 0 saturated heterocycles. The summed E-state index contributed by atoms with van der Waals surface area (Å²) in [6.07, 6.45) is 6.20. The van der Waals surface area contributed by atoms with Crippen LogP contribution in [0, 0.1) is 5.82 Å². The molecule has 0 saturated carbocycles. The number of H-pyrrole nitrogens is 1. The molecule has 1 aromatic heterocycles. The van der Waals surface area contributed by atoms with Crippen molar-refractivity contribution < 1.29 is 13.9 Å². The normalized spacial score (nSPS) is 14.0. The number of carbonyl (C=O) groups is 1. The van der Waals surface area contributed by atoms with Crippen LogP contribution in [-0.2, 0) is 18.6 Å². The number of imidazole rings is 1.